The van der Waals surface area contributed by atoms with Gasteiger partial charge in [-0.25, -0.2) is 9.13 Å². The van der Waals surface area contributed by atoms with Crippen molar-refractivity contribution in [1.29, 1.82) is 0 Å². The average Bonchev–Trinajstić information content (AvgIpc) is 1.08. The molecule has 2 unspecified atom stereocenters. The standard InChI is InChI=1S/C78H152O17P2/c1-7-9-11-13-14-15-16-17-18-19-20-21-22-25-29-34-39-44-50-56-62-78(83)95-74(67-89-76(81)61-55-49-43-38-33-28-26-23-24-27-31-36-41-47-52-58-70(3)4)69-93-97(86,87)91-65-72(79)64-90-96(84,85)92-68-73(66-88-75(80)60-54-46-12-10-8-2)94-77(82)63-57-51-45-40-35-30-32-37-42-48-53-59-71(5)6/h70-74,79H,7-69H2,1-6H3,(H,84,85)(H,86,87)/t72-,73+,74+/m0/s1. The van der Waals surface area contributed by atoms with Gasteiger partial charge in [-0.1, -0.05) is 356 Å². The summed E-state index contributed by atoms with van der Waals surface area (Å²) in [6, 6.07) is 0. The fourth-order valence-corrected chi connectivity index (χ4v) is 13.6. The third-order valence-electron chi connectivity index (χ3n) is 18.2. The molecule has 0 amide bonds. The summed E-state index contributed by atoms with van der Waals surface area (Å²) in [4.78, 5) is 72.6. The van der Waals surface area contributed by atoms with Crippen LogP contribution in [-0.4, -0.2) is 96.7 Å². The third kappa shape index (κ3) is 72.2. The first-order chi connectivity index (χ1) is 46.9. The van der Waals surface area contributed by atoms with Crippen LogP contribution < -0.4 is 0 Å². The van der Waals surface area contributed by atoms with Gasteiger partial charge >= 0.3 is 39.5 Å². The topological polar surface area (TPSA) is 237 Å². The highest BCUT2D eigenvalue weighted by Crippen LogP contribution is 2.45. The van der Waals surface area contributed by atoms with E-state index in [2.05, 4.69) is 41.5 Å². The van der Waals surface area contributed by atoms with Gasteiger partial charge in [-0.15, -0.1) is 0 Å². The molecule has 0 aliphatic carbocycles. The molecule has 576 valence electrons. The lowest BCUT2D eigenvalue weighted by molar-refractivity contribution is -0.161. The maximum Gasteiger partial charge on any atom is 0.472 e. The summed E-state index contributed by atoms with van der Waals surface area (Å²) >= 11 is 0. The summed E-state index contributed by atoms with van der Waals surface area (Å²) in [5, 5.41) is 10.6. The lowest BCUT2D eigenvalue weighted by Crippen LogP contribution is -2.30. The molecule has 0 fully saturated rings. The van der Waals surface area contributed by atoms with Crippen molar-refractivity contribution in [1.82, 2.24) is 0 Å². The molecule has 17 nitrogen and oxygen atoms in total. The number of hydrogen-bond acceptors (Lipinski definition) is 15. The Morgan fingerprint density at radius 2 is 0.474 bits per heavy atom. The Labute approximate surface area is 594 Å². The van der Waals surface area contributed by atoms with Gasteiger partial charge in [0.1, 0.15) is 19.3 Å². The maximum absolute atomic E-state index is 13.1. The highest BCUT2D eigenvalue weighted by atomic mass is 31.2. The molecule has 0 aliphatic heterocycles. The van der Waals surface area contributed by atoms with Crippen molar-refractivity contribution in [3.05, 3.63) is 0 Å². The lowest BCUT2D eigenvalue weighted by atomic mass is 10.0. The van der Waals surface area contributed by atoms with Crippen molar-refractivity contribution in [3.8, 4) is 0 Å². The molecule has 0 radical (unpaired) electrons. The third-order valence-corrected chi connectivity index (χ3v) is 20.1. The molecule has 0 aromatic rings. The molecule has 0 saturated heterocycles. The summed E-state index contributed by atoms with van der Waals surface area (Å²) < 4.78 is 68.4. The second kappa shape index (κ2) is 69.8. The first-order valence-corrected chi connectivity index (χ1v) is 43.5. The molecule has 0 aliphatic rings. The van der Waals surface area contributed by atoms with Gasteiger partial charge in [0.05, 0.1) is 26.4 Å². The second-order valence-corrected chi connectivity index (χ2v) is 32.0. The predicted molar refractivity (Wildman–Crippen MR) is 395 cm³/mol. The van der Waals surface area contributed by atoms with Crippen molar-refractivity contribution in [2.75, 3.05) is 39.6 Å². The molecule has 19 heteroatoms. The zero-order valence-electron chi connectivity index (χ0n) is 63.4. The molecule has 5 atom stereocenters. The van der Waals surface area contributed by atoms with Gasteiger partial charge < -0.3 is 33.8 Å². The first kappa shape index (κ1) is 95.1. The van der Waals surface area contributed by atoms with Gasteiger partial charge in [-0.3, -0.25) is 37.3 Å². The number of phosphoric acid groups is 2. The number of ether oxygens (including phenoxy) is 4. The molecule has 3 N–H and O–H groups in total. The SMILES string of the molecule is CCCCCCCCCCCCCCCCCCCCCCC(=O)O[C@H](COC(=O)CCCCCCCCCCCCCCCCCC(C)C)COP(=O)(O)OC[C@@H](O)COP(=O)(O)OC[C@@H](COC(=O)CCCCCCC)OC(=O)CCCCCCCCCCCCCC(C)C. The van der Waals surface area contributed by atoms with Crippen LogP contribution in [0.3, 0.4) is 0 Å². The van der Waals surface area contributed by atoms with Gasteiger partial charge in [0, 0.05) is 25.7 Å². The van der Waals surface area contributed by atoms with Crippen molar-refractivity contribution in [3.63, 3.8) is 0 Å². The van der Waals surface area contributed by atoms with Gasteiger partial charge in [-0.05, 0) is 37.5 Å². The van der Waals surface area contributed by atoms with Crippen molar-refractivity contribution in [2.24, 2.45) is 11.8 Å². The summed E-state index contributed by atoms with van der Waals surface area (Å²) in [6.45, 7) is 9.55. The Morgan fingerprint density at radius 3 is 0.701 bits per heavy atom. The molecule has 0 bridgehead atoms. The summed E-state index contributed by atoms with van der Waals surface area (Å²) in [5.74, 6) is -0.553. The number of carbonyl (C=O) groups excluding carboxylic acids is 4. The Bertz CT molecular complexity index is 1870. The van der Waals surface area contributed by atoms with E-state index in [1.165, 1.54) is 218 Å². The Kier molecular flexibility index (Phi) is 68.4. The second-order valence-electron chi connectivity index (χ2n) is 29.1. The number of esters is 4. The van der Waals surface area contributed by atoms with E-state index in [0.29, 0.717) is 25.7 Å². The molecular weight excluding hydrogens is 1270 g/mol. The van der Waals surface area contributed by atoms with Gasteiger partial charge in [-0.2, -0.15) is 0 Å². The highest BCUT2D eigenvalue weighted by molar-refractivity contribution is 7.47. The number of aliphatic hydroxyl groups excluding tert-OH is 1. The van der Waals surface area contributed by atoms with E-state index in [9.17, 15) is 43.2 Å². The van der Waals surface area contributed by atoms with E-state index >= 15 is 0 Å². The maximum atomic E-state index is 13.1. The van der Waals surface area contributed by atoms with Crippen molar-refractivity contribution >= 4 is 39.5 Å². The molecule has 0 aromatic carbocycles. The van der Waals surface area contributed by atoms with Crippen LogP contribution in [0.4, 0.5) is 0 Å². The minimum absolute atomic E-state index is 0.106. The number of hydrogen-bond donors (Lipinski definition) is 3. The zero-order chi connectivity index (χ0) is 71.4. The quantitative estimate of drug-likeness (QED) is 0.0222. The van der Waals surface area contributed by atoms with E-state index in [1.54, 1.807) is 0 Å². The Morgan fingerprint density at radius 1 is 0.278 bits per heavy atom. The van der Waals surface area contributed by atoms with E-state index in [4.69, 9.17) is 37.0 Å². The Hall–Kier alpha value is -1.94. The zero-order valence-corrected chi connectivity index (χ0v) is 65.2. The summed E-state index contributed by atoms with van der Waals surface area (Å²) in [5.41, 5.74) is 0. The molecule has 0 rings (SSSR count). The normalized spacial score (nSPS) is 14.0. The van der Waals surface area contributed by atoms with Crippen LogP contribution in [0.5, 0.6) is 0 Å². The monoisotopic (exact) mass is 1420 g/mol. The number of unbranched alkanes of at least 4 members (excludes halogenated alkanes) is 47. The van der Waals surface area contributed by atoms with E-state index in [1.807, 2.05) is 0 Å². The number of phosphoric ester groups is 2. The van der Waals surface area contributed by atoms with E-state index < -0.39 is 97.5 Å². The smallest absolute Gasteiger partial charge is 0.462 e. The van der Waals surface area contributed by atoms with Crippen LogP contribution in [0.2, 0.25) is 0 Å². The number of carbonyl (C=O) groups is 4. The predicted octanol–water partition coefficient (Wildman–Crippen LogP) is 23.1. The first-order valence-electron chi connectivity index (χ1n) is 40.5. The lowest BCUT2D eigenvalue weighted by Gasteiger charge is -2.21. The van der Waals surface area contributed by atoms with Crippen LogP contribution in [0.25, 0.3) is 0 Å². The van der Waals surface area contributed by atoms with Crippen molar-refractivity contribution < 1.29 is 80.2 Å². The summed E-state index contributed by atoms with van der Waals surface area (Å²) in [7, 11) is -9.90. The molecule has 0 spiro atoms. The fraction of sp³-hybridized carbons (Fsp3) is 0.949. The van der Waals surface area contributed by atoms with Gasteiger partial charge in [0.2, 0.25) is 0 Å². The fourth-order valence-electron chi connectivity index (χ4n) is 12.0. The van der Waals surface area contributed by atoms with Gasteiger partial charge in [0.25, 0.3) is 0 Å². The van der Waals surface area contributed by atoms with Crippen LogP contribution in [0.15, 0.2) is 0 Å². The van der Waals surface area contributed by atoms with Crippen LogP contribution in [0, 0.1) is 11.8 Å². The highest BCUT2D eigenvalue weighted by Gasteiger charge is 2.30. The van der Waals surface area contributed by atoms with Crippen molar-refractivity contribution in [2.45, 2.75) is 426 Å². The van der Waals surface area contributed by atoms with E-state index in [-0.39, 0.29) is 25.7 Å². The molecule has 0 aromatic heterocycles. The molecule has 97 heavy (non-hydrogen) atoms. The average molecular weight is 1420 g/mol. The number of rotatable bonds is 77. The van der Waals surface area contributed by atoms with Crippen LogP contribution in [0.1, 0.15) is 408 Å². The Balaban J connectivity index is 5.13. The largest absolute Gasteiger partial charge is 0.472 e. The minimum atomic E-state index is -4.96. The van der Waals surface area contributed by atoms with Crippen LogP contribution in [-0.2, 0) is 65.4 Å². The minimum Gasteiger partial charge on any atom is -0.462 e. The molecule has 0 heterocycles. The molecule has 0 saturated carbocycles. The van der Waals surface area contributed by atoms with E-state index in [0.717, 1.165) is 108 Å². The van der Waals surface area contributed by atoms with Crippen LogP contribution >= 0.6 is 15.6 Å². The number of aliphatic hydroxyl groups is 1. The molecular formula is C78H152O17P2. The summed E-state index contributed by atoms with van der Waals surface area (Å²) in [6.07, 6.45) is 58.8. The van der Waals surface area contributed by atoms with Gasteiger partial charge in [0.15, 0.2) is 12.2 Å².